The Bertz CT molecular complexity index is 600. The van der Waals surface area contributed by atoms with E-state index < -0.39 is 11.5 Å². The Morgan fingerprint density at radius 3 is 2.67 bits per heavy atom. The molecule has 5 nitrogen and oxygen atoms in total. The van der Waals surface area contributed by atoms with Gasteiger partial charge in [0.2, 0.25) is 0 Å². The highest BCUT2D eigenvalue weighted by Gasteiger charge is 2.40. The lowest BCUT2D eigenvalue weighted by Gasteiger charge is -2.30. The molecule has 0 radical (unpaired) electrons. The number of thioether (sulfide) groups is 1. The van der Waals surface area contributed by atoms with Gasteiger partial charge < -0.3 is 9.52 Å². The zero-order valence-electron chi connectivity index (χ0n) is 12.0. The van der Waals surface area contributed by atoms with E-state index in [4.69, 9.17) is 4.42 Å². The summed E-state index contributed by atoms with van der Waals surface area (Å²) < 4.78 is 5.28. The van der Waals surface area contributed by atoms with Crippen molar-refractivity contribution in [2.75, 3.05) is 12.3 Å². The highest BCUT2D eigenvalue weighted by atomic mass is 32.2. The van der Waals surface area contributed by atoms with E-state index in [1.807, 2.05) is 44.2 Å². The lowest BCUT2D eigenvalue weighted by molar-refractivity contribution is -0.144. The van der Waals surface area contributed by atoms with Crippen molar-refractivity contribution in [2.45, 2.75) is 24.6 Å². The zero-order chi connectivity index (χ0) is 15.3. The van der Waals surface area contributed by atoms with E-state index in [9.17, 15) is 9.90 Å². The molecule has 0 aliphatic carbocycles. The summed E-state index contributed by atoms with van der Waals surface area (Å²) >= 11 is 1.29. The second kappa shape index (κ2) is 6.78. The third-order valence-corrected chi connectivity index (χ3v) is 4.13. The maximum absolute atomic E-state index is 11.9. The number of benzene rings is 1. The second-order valence-electron chi connectivity index (χ2n) is 4.65. The molecule has 0 aliphatic heterocycles. The van der Waals surface area contributed by atoms with E-state index in [0.29, 0.717) is 17.5 Å². The first-order chi connectivity index (χ1) is 10.1. The van der Waals surface area contributed by atoms with Crippen LogP contribution in [0, 0.1) is 6.92 Å². The molecule has 0 bridgehead atoms. The SMILES string of the molecule is CCNC(CSc1nc(C)co1)(C(=O)O)c1ccccc1. The van der Waals surface area contributed by atoms with Crippen molar-refractivity contribution in [1.82, 2.24) is 10.3 Å². The second-order valence-corrected chi connectivity index (χ2v) is 5.58. The maximum atomic E-state index is 11.9. The van der Waals surface area contributed by atoms with Crippen LogP contribution in [-0.2, 0) is 10.3 Å². The van der Waals surface area contributed by atoms with Gasteiger partial charge >= 0.3 is 5.97 Å². The molecular formula is C15H18N2O3S. The van der Waals surface area contributed by atoms with Crippen LogP contribution in [0.25, 0.3) is 0 Å². The number of nitrogens with zero attached hydrogens (tertiary/aromatic N) is 1. The summed E-state index contributed by atoms with van der Waals surface area (Å²) in [5.74, 6) is -0.619. The van der Waals surface area contributed by atoms with Crippen molar-refractivity contribution in [3.8, 4) is 0 Å². The molecule has 0 amide bonds. The summed E-state index contributed by atoms with van der Waals surface area (Å²) in [6, 6.07) is 9.18. The van der Waals surface area contributed by atoms with Gasteiger partial charge in [-0.05, 0) is 19.0 Å². The predicted octanol–water partition coefficient (Wildman–Crippen LogP) is 2.66. The van der Waals surface area contributed by atoms with Crippen LogP contribution in [0.15, 0.2) is 46.2 Å². The highest BCUT2D eigenvalue weighted by molar-refractivity contribution is 7.99. The van der Waals surface area contributed by atoms with E-state index in [1.165, 1.54) is 11.8 Å². The largest absolute Gasteiger partial charge is 0.480 e. The van der Waals surface area contributed by atoms with Gasteiger partial charge in [0.1, 0.15) is 6.26 Å². The Morgan fingerprint density at radius 1 is 1.43 bits per heavy atom. The fourth-order valence-corrected chi connectivity index (χ4v) is 3.15. The molecule has 21 heavy (non-hydrogen) atoms. The number of likely N-dealkylation sites (N-methyl/N-ethyl adjacent to an activating group) is 1. The van der Waals surface area contributed by atoms with Gasteiger partial charge in [0, 0.05) is 5.75 Å². The molecule has 0 spiro atoms. The Kier molecular flexibility index (Phi) is 5.03. The monoisotopic (exact) mass is 306 g/mol. The molecule has 1 aromatic heterocycles. The van der Waals surface area contributed by atoms with Crippen molar-refractivity contribution < 1.29 is 14.3 Å². The zero-order valence-corrected chi connectivity index (χ0v) is 12.8. The van der Waals surface area contributed by atoms with Crippen molar-refractivity contribution >= 4 is 17.7 Å². The van der Waals surface area contributed by atoms with Crippen molar-refractivity contribution in [2.24, 2.45) is 0 Å². The molecule has 1 heterocycles. The molecule has 1 atom stereocenters. The molecule has 1 unspecified atom stereocenters. The third-order valence-electron chi connectivity index (χ3n) is 3.12. The topological polar surface area (TPSA) is 75.4 Å². The van der Waals surface area contributed by atoms with Crippen LogP contribution < -0.4 is 5.32 Å². The van der Waals surface area contributed by atoms with Gasteiger partial charge in [0.05, 0.1) is 5.69 Å². The van der Waals surface area contributed by atoms with Gasteiger partial charge in [-0.25, -0.2) is 9.78 Å². The number of aryl methyl sites for hydroxylation is 1. The number of hydrogen-bond donors (Lipinski definition) is 2. The number of carbonyl (C=O) groups is 1. The molecule has 112 valence electrons. The number of carboxylic acids is 1. The number of carboxylic acid groups (broad SMARTS) is 1. The van der Waals surface area contributed by atoms with Gasteiger partial charge in [-0.15, -0.1) is 0 Å². The first-order valence-corrected chi connectivity index (χ1v) is 7.66. The van der Waals surface area contributed by atoms with Gasteiger partial charge in [-0.3, -0.25) is 5.32 Å². The van der Waals surface area contributed by atoms with Crippen LogP contribution in [0.2, 0.25) is 0 Å². The summed E-state index contributed by atoms with van der Waals surface area (Å²) in [4.78, 5) is 16.1. The average molecular weight is 306 g/mol. The number of oxazole rings is 1. The number of hydrogen-bond acceptors (Lipinski definition) is 5. The van der Waals surface area contributed by atoms with E-state index in [1.54, 1.807) is 6.26 Å². The maximum Gasteiger partial charge on any atom is 0.329 e. The first kappa shape index (κ1) is 15.6. The van der Waals surface area contributed by atoms with Gasteiger partial charge in [0.15, 0.2) is 5.54 Å². The van der Waals surface area contributed by atoms with Crippen molar-refractivity contribution in [3.05, 3.63) is 47.9 Å². The summed E-state index contributed by atoms with van der Waals surface area (Å²) in [5.41, 5.74) is 0.333. The Labute approximate surface area is 127 Å². The van der Waals surface area contributed by atoms with E-state index >= 15 is 0 Å². The summed E-state index contributed by atoms with van der Waals surface area (Å²) in [5, 5.41) is 13.3. The van der Waals surface area contributed by atoms with Crippen LogP contribution in [0.4, 0.5) is 0 Å². The molecule has 6 heteroatoms. The molecule has 2 aromatic rings. The number of rotatable bonds is 7. The van der Waals surface area contributed by atoms with Crippen LogP contribution in [0.1, 0.15) is 18.2 Å². The molecule has 0 aliphatic rings. The van der Waals surface area contributed by atoms with Crippen LogP contribution in [0.5, 0.6) is 0 Å². The standard InChI is InChI=1S/C15H18N2O3S/c1-3-16-15(13(18)19,12-7-5-4-6-8-12)10-21-14-17-11(2)9-20-14/h4-9,16H,3,10H2,1-2H3,(H,18,19). The molecular weight excluding hydrogens is 288 g/mol. The van der Waals surface area contributed by atoms with E-state index in [0.717, 1.165) is 11.3 Å². The molecule has 2 N–H and O–H groups in total. The Balaban J connectivity index is 2.28. The van der Waals surface area contributed by atoms with Crippen molar-refractivity contribution in [1.29, 1.82) is 0 Å². The Hall–Kier alpha value is -1.79. The minimum Gasteiger partial charge on any atom is -0.480 e. The fraction of sp³-hybridized carbons (Fsp3) is 0.333. The van der Waals surface area contributed by atoms with E-state index in [2.05, 4.69) is 10.3 Å². The molecule has 1 aromatic carbocycles. The van der Waals surface area contributed by atoms with E-state index in [-0.39, 0.29) is 0 Å². The first-order valence-electron chi connectivity index (χ1n) is 6.67. The minimum absolute atomic E-state index is 0.292. The highest BCUT2D eigenvalue weighted by Crippen LogP contribution is 2.30. The van der Waals surface area contributed by atoms with Crippen molar-refractivity contribution in [3.63, 3.8) is 0 Å². The quantitative estimate of drug-likeness (QED) is 0.766. The van der Waals surface area contributed by atoms with Crippen LogP contribution in [-0.4, -0.2) is 28.4 Å². The number of nitrogens with one attached hydrogen (secondary N) is 1. The minimum atomic E-state index is -1.16. The van der Waals surface area contributed by atoms with Gasteiger partial charge in [0.25, 0.3) is 5.22 Å². The molecule has 0 saturated carbocycles. The lowest BCUT2D eigenvalue weighted by Crippen LogP contribution is -2.51. The Morgan fingerprint density at radius 2 is 2.14 bits per heavy atom. The summed E-state index contributed by atoms with van der Waals surface area (Å²) in [6.07, 6.45) is 1.56. The van der Waals surface area contributed by atoms with Gasteiger partial charge in [-0.1, -0.05) is 49.0 Å². The summed E-state index contributed by atoms with van der Waals surface area (Å²) in [6.45, 7) is 4.27. The third kappa shape index (κ3) is 3.46. The average Bonchev–Trinajstić information content (AvgIpc) is 2.90. The number of aliphatic carboxylic acids is 1. The molecule has 0 fully saturated rings. The normalized spacial score (nSPS) is 13.8. The fourth-order valence-electron chi connectivity index (χ4n) is 2.09. The smallest absolute Gasteiger partial charge is 0.329 e. The van der Waals surface area contributed by atoms with Crippen LogP contribution >= 0.6 is 11.8 Å². The molecule has 2 rings (SSSR count). The molecule has 0 saturated heterocycles. The summed E-state index contributed by atoms with van der Waals surface area (Å²) in [7, 11) is 0. The lowest BCUT2D eigenvalue weighted by atomic mass is 9.92. The number of aromatic nitrogens is 1. The van der Waals surface area contributed by atoms with Crippen LogP contribution in [0.3, 0.4) is 0 Å². The van der Waals surface area contributed by atoms with Gasteiger partial charge in [-0.2, -0.15) is 0 Å². The predicted molar refractivity (Wildman–Crippen MR) is 81.4 cm³/mol.